The number of hydrogen-bond donors (Lipinski definition) is 4. The van der Waals surface area contributed by atoms with Crippen LogP contribution in [-0.4, -0.2) is 31.9 Å². The smallest absolute Gasteiger partial charge is 0.271 e. The van der Waals surface area contributed by atoms with E-state index in [0.29, 0.717) is 11.3 Å². The van der Waals surface area contributed by atoms with Crippen LogP contribution < -0.4 is 5.43 Å². The molecule has 9 nitrogen and oxygen atoms in total. The van der Waals surface area contributed by atoms with Gasteiger partial charge in [-0.3, -0.25) is 14.9 Å². The van der Waals surface area contributed by atoms with Gasteiger partial charge in [0.05, 0.1) is 10.6 Å². The molecule has 2 aromatic carbocycles. The maximum atomic E-state index is 11.9. The van der Waals surface area contributed by atoms with Gasteiger partial charge in [-0.15, -0.1) is 0 Å². The highest BCUT2D eigenvalue weighted by Crippen LogP contribution is 2.35. The van der Waals surface area contributed by atoms with Crippen molar-refractivity contribution in [2.24, 2.45) is 5.10 Å². The second-order valence-corrected chi connectivity index (χ2v) is 4.81. The predicted molar refractivity (Wildman–Crippen MR) is 84.2 cm³/mol. The molecule has 2 aromatic rings. The lowest BCUT2D eigenvalue weighted by atomic mass is 10.1. The highest BCUT2D eigenvalue weighted by atomic mass is 16.6. The Bertz CT molecular complexity index is 824. The molecule has 1 amide bonds. The predicted octanol–water partition coefficient (Wildman–Crippen LogP) is 1.87. The number of nitro benzene ring substituents is 1. The minimum atomic E-state index is -0.745. The van der Waals surface area contributed by atoms with Crippen LogP contribution in [0.15, 0.2) is 41.5 Å². The van der Waals surface area contributed by atoms with E-state index in [4.69, 9.17) is 0 Å². The molecule has 0 aliphatic heterocycles. The molecule has 0 saturated carbocycles. The van der Waals surface area contributed by atoms with E-state index >= 15 is 0 Å². The quantitative estimate of drug-likeness (QED) is 0.291. The third-order valence-electron chi connectivity index (χ3n) is 3.13. The number of nitrogens with zero attached hydrogens (tertiary/aromatic N) is 2. The summed E-state index contributed by atoms with van der Waals surface area (Å²) in [5.41, 5.74) is 2.72. The summed E-state index contributed by atoms with van der Waals surface area (Å²) < 4.78 is 0. The molecular formula is C15H13N3O6. The van der Waals surface area contributed by atoms with Gasteiger partial charge < -0.3 is 15.3 Å². The van der Waals surface area contributed by atoms with Crippen LogP contribution in [0.1, 0.15) is 22.8 Å². The molecule has 4 N–H and O–H groups in total. The number of carbonyl (C=O) groups is 1. The Kier molecular flexibility index (Phi) is 4.64. The number of carbonyl (C=O) groups excluding carboxylic acids is 1. The number of nitro groups is 1. The molecule has 24 heavy (non-hydrogen) atoms. The monoisotopic (exact) mass is 331 g/mol. The SMILES string of the molecule is C/C(=N\NC(=O)c1cc(O)c(O)c(O)c1)c1cccc([N+](=O)[O-])c1. The van der Waals surface area contributed by atoms with Gasteiger partial charge in [0.25, 0.3) is 11.6 Å². The third-order valence-corrected chi connectivity index (χ3v) is 3.13. The first-order valence-corrected chi connectivity index (χ1v) is 6.64. The lowest BCUT2D eigenvalue weighted by Gasteiger charge is -2.06. The Morgan fingerprint density at radius 3 is 2.33 bits per heavy atom. The topological polar surface area (TPSA) is 145 Å². The van der Waals surface area contributed by atoms with E-state index in [9.17, 15) is 30.2 Å². The van der Waals surface area contributed by atoms with E-state index in [2.05, 4.69) is 10.5 Å². The molecule has 0 fully saturated rings. The second-order valence-electron chi connectivity index (χ2n) is 4.81. The van der Waals surface area contributed by atoms with E-state index in [0.717, 1.165) is 12.1 Å². The highest BCUT2D eigenvalue weighted by Gasteiger charge is 2.13. The van der Waals surface area contributed by atoms with Crippen LogP contribution in [0.2, 0.25) is 0 Å². The maximum absolute atomic E-state index is 11.9. The Labute approximate surface area is 135 Å². The normalized spacial score (nSPS) is 11.1. The van der Waals surface area contributed by atoms with E-state index < -0.39 is 28.1 Å². The van der Waals surface area contributed by atoms with Gasteiger partial charge in [0.1, 0.15) is 0 Å². The van der Waals surface area contributed by atoms with Crippen molar-refractivity contribution in [3.63, 3.8) is 0 Å². The fourth-order valence-electron chi connectivity index (χ4n) is 1.84. The van der Waals surface area contributed by atoms with Crippen LogP contribution in [0.25, 0.3) is 0 Å². The first-order chi connectivity index (χ1) is 11.3. The van der Waals surface area contributed by atoms with Crippen molar-refractivity contribution in [1.82, 2.24) is 5.43 Å². The summed E-state index contributed by atoms with van der Waals surface area (Å²) in [6.07, 6.45) is 0. The van der Waals surface area contributed by atoms with Crippen LogP contribution in [0.5, 0.6) is 17.2 Å². The van der Waals surface area contributed by atoms with Crippen molar-refractivity contribution in [3.05, 3.63) is 57.6 Å². The molecular weight excluding hydrogens is 318 g/mol. The fraction of sp³-hybridized carbons (Fsp3) is 0.0667. The third kappa shape index (κ3) is 3.58. The maximum Gasteiger partial charge on any atom is 0.271 e. The van der Waals surface area contributed by atoms with E-state index in [1.54, 1.807) is 13.0 Å². The van der Waals surface area contributed by atoms with Gasteiger partial charge in [0.15, 0.2) is 17.2 Å². The van der Waals surface area contributed by atoms with Crippen LogP contribution in [0.3, 0.4) is 0 Å². The largest absolute Gasteiger partial charge is 0.504 e. The fourth-order valence-corrected chi connectivity index (χ4v) is 1.84. The van der Waals surface area contributed by atoms with Gasteiger partial charge in [-0.2, -0.15) is 5.10 Å². The number of nitrogens with one attached hydrogen (secondary N) is 1. The molecule has 0 unspecified atom stereocenters. The molecule has 0 saturated heterocycles. The zero-order chi connectivity index (χ0) is 17.9. The first-order valence-electron chi connectivity index (χ1n) is 6.64. The van der Waals surface area contributed by atoms with E-state index in [-0.39, 0.29) is 11.3 Å². The Morgan fingerprint density at radius 1 is 1.12 bits per heavy atom. The van der Waals surface area contributed by atoms with Crippen molar-refractivity contribution >= 4 is 17.3 Å². The van der Waals surface area contributed by atoms with Gasteiger partial charge in [-0.05, 0) is 19.1 Å². The number of amides is 1. The summed E-state index contributed by atoms with van der Waals surface area (Å²) in [5, 5.41) is 42.6. The average molecular weight is 331 g/mol. The molecule has 0 aliphatic carbocycles. The number of hydrazone groups is 1. The summed E-state index contributed by atoms with van der Waals surface area (Å²) in [4.78, 5) is 22.1. The summed E-state index contributed by atoms with van der Waals surface area (Å²) in [7, 11) is 0. The van der Waals surface area contributed by atoms with E-state index in [1.807, 2.05) is 0 Å². The van der Waals surface area contributed by atoms with Crippen molar-refractivity contribution in [2.75, 3.05) is 0 Å². The molecule has 0 bridgehead atoms. The Balaban J connectivity index is 2.19. The number of benzene rings is 2. The van der Waals surface area contributed by atoms with Gasteiger partial charge in [0, 0.05) is 23.3 Å². The molecule has 2 rings (SSSR count). The second kappa shape index (κ2) is 6.65. The van der Waals surface area contributed by atoms with Gasteiger partial charge >= 0.3 is 0 Å². The molecule has 0 radical (unpaired) electrons. The molecule has 0 aromatic heterocycles. The van der Waals surface area contributed by atoms with Crippen molar-refractivity contribution in [2.45, 2.75) is 6.92 Å². The molecule has 9 heteroatoms. The number of phenols is 3. The number of rotatable bonds is 4. The molecule has 124 valence electrons. The molecule has 0 spiro atoms. The number of aromatic hydroxyl groups is 3. The number of phenolic OH excluding ortho intramolecular Hbond substituents is 3. The van der Waals surface area contributed by atoms with Gasteiger partial charge in [0.2, 0.25) is 0 Å². The summed E-state index contributed by atoms with van der Waals surface area (Å²) in [6, 6.07) is 7.65. The summed E-state index contributed by atoms with van der Waals surface area (Å²) in [5.74, 6) is -2.78. The van der Waals surface area contributed by atoms with Crippen LogP contribution >= 0.6 is 0 Å². The minimum absolute atomic E-state index is 0.109. The van der Waals surface area contributed by atoms with Crippen molar-refractivity contribution < 1.29 is 25.0 Å². The van der Waals surface area contributed by atoms with Crippen molar-refractivity contribution in [1.29, 1.82) is 0 Å². The van der Waals surface area contributed by atoms with Gasteiger partial charge in [-0.1, -0.05) is 12.1 Å². The zero-order valence-corrected chi connectivity index (χ0v) is 12.4. The lowest BCUT2D eigenvalue weighted by molar-refractivity contribution is -0.384. The lowest BCUT2D eigenvalue weighted by Crippen LogP contribution is -2.19. The van der Waals surface area contributed by atoms with Gasteiger partial charge in [-0.25, -0.2) is 5.43 Å². The first kappa shape index (κ1) is 16.7. The van der Waals surface area contributed by atoms with Crippen LogP contribution in [0.4, 0.5) is 5.69 Å². The molecule has 0 atom stereocenters. The van der Waals surface area contributed by atoms with Crippen LogP contribution in [-0.2, 0) is 0 Å². The van der Waals surface area contributed by atoms with Crippen LogP contribution in [0, 0.1) is 10.1 Å². The zero-order valence-electron chi connectivity index (χ0n) is 12.4. The summed E-state index contributed by atoms with van der Waals surface area (Å²) in [6.45, 7) is 1.55. The number of non-ortho nitro benzene ring substituents is 1. The highest BCUT2D eigenvalue weighted by molar-refractivity contribution is 6.01. The number of hydrogen-bond acceptors (Lipinski definition) is 7. The molecule has 0 heterocycles. The van der Waals surface area contributed by atoms with E-state index in [1.165, 1.54) is 18.2 Å². The minimum Gasteiger partial charge on any atom is -0.504 e. The Hall–Kier alpha value is -3.62. The van der Waals surface area contributed by atoms with Crippen molar-refractivity contribution in [3.8, 4) is 17.2 Å². The standard InChI is InChI=1S/C15H13N3O6/c1-8(9-3-2-4-11(5-9)18(23)24)16-17-15(22)10-6-12(19)14(21)13(20)7-10/h2-7,19-21H,1H3,(H,17,22)/b16-8+. The molecule has 0 aliphatic rings. The Morgan fingerprint density at radius 2 is 1.75 bits per heavy atom. The average Bonchev–Trinajstić information content (AvgIpc) is 2.56. The summed E-state index contributed by atoms with van der Waals surface area (Å²) >= 11 is 0.